The molecule has 18 heavy (non-hydrogen) atoms. The van der Waals surface area contributed by atoms with E-state index in [1.807, 2.05) is 13.8 Å². The van der Waals surface area contributed by atoms with Crippen molar-refractivity contribution >= 4 is 10.0 Å². The molecule has 0 aliphatic heterocycles. The number of aliphatic hydroxyl groups excluding tert-OH is 1. The van der Waals surface area contributed by atoms with Crippen LogP contribution in [0.4, 0.5) is 4.39 Å². The Kier molecular flexibility index (Phi) is 4.84. The van der Waals surface area contributed by atoms with E-state index in [1.54, 1.807) is 6.92 Å². The Morgan fingerprint density at radius 3 is 2.44 bits per heavy atom. The van der Waals surface area contributed by atoms with Crippen LogP contribution in [0.1, 0.15) is 26.3 Å². The van der Waals surface area contributed by atoms with Crippen LogP contribution in [-0.2, 0) is 16.6 Å². The second-order valence-corrected chi connectivity index (χ2v) is 6.28. The molecule has 0 fully saturated rings. The van der Waals surface area contributed by atoms with Crippen LogP contribution in [0.5, 0.6) is 0 Å². The van der Waals surface area contributed by atoms with E-state index in [4.69, 9.17) is 5.11 Å². The van der Waals surface area contributed by atoms with Gasteiger partial charge >= 0.3 is 0 Å². The molecule has 1 aromatic carbocycles. The van der Waals surface area contributed by atoms with Crippen LogP contribution in [0.15, 0.2) is 23.1 Å². The molecule has 1 atom stereocenters. The van der Waals surface area contributed by atoms with Crippen LogP contribution < -0.4 is 4.72 Å². The Balaban J connectivity index is 3.05. The first-order valence-electron chi connectivity index (χ1n) is 5.69. The second kappa shape index (κ2) is 5.77. The van der Waals surface area contributed by atoms with Crippen molar-refractivity contribution in [2.75, 3.05) is 0 Å². The highest BCUT2D eigenvalue weighted by atomic mass is 32.2. The molecule has 0 spiro atoms. The summed E-state index contributed by atoms with van der Waals surface area (Å²) in [7, 11) is -3.68. The smallest absolute Gasteiger partial charge is 0.240 e. The minimum Gasteiger partial charge on any atom is -0.392 e. The summed E-state index contributed by atoms with van der Waals surface area (Å²) < 4.78 is 39.7. The monoisotopic (exact) mass is 275 g/mol. The summed E-state index contributed by atoms with van der Waals surface area (Å²) >= 11 is 0. The zero-order valence-electron chi connectivity index (χ0n) is 10.6. The van der Waals surface area contributed by atoms with Crippen LogP contribution in [0.25, 0.3) is 0 Å². The maximum absolute atomic E-state index is 13.2. The summed E-state index contributed by atoms with van der Waals surface area (Å²) in [5, 5.41) is 8.92. The molecule has 0 amide bonds. The average molecular weight is 275 g/mol. The van der Waals surface area contributed by atoms with E-state index >= 15 is 0 Å². The van der Waals surface area contributed by atoms with Crippen molar-refractivity contribution in [2.45, 2.75) is 38.3 Å². The van der Waals surface area contributed by atoms with E-state index in [2.05, 4.69) is 4.72 Å². The molecule has 2 N–H and O–H groups in total. The van der Waals surface area contributed by atoms with E-state index in [9.17, 15) is 12.8 Å². The van der Waals surface area contributed by atoms with E-state index in [-0.39, 0.29) is 22.4 Å². The highest BCUT2D eigenvalue weighted by molar-refractivity contribution is 7.89. The van der Waals surface area contributed by atoms with E-state index in [0.29, 0.717) is 0 Å². The molecule has 1 aromatic rings. The second-order valence-electron chi connectivity index (χ2n) is 4.57. The Morgan fingerprint density at radius 1 is 1.33 bits per heavy atom. The zero-order chi connectivity index (χ0) is 13.9. The number of rotatable bonds is 5. The third kappa shape index (κ3) is 3.51. The topological polar surface area (TPSA) is 66.4 Å². The number of hydrogen-bond donors (Lipinski definition) is 2. The molecule has 0 heterocycles. The van der Waals surface area contributed by atoms with Crippen molar-refractivity contribution in [3.63, 3.8) is 0 Å². The summed E-state index contributed by atoms with van der Waals surface area (Å²) in [6.07, 6.45) is 0. The predicted molar refractivity (Wildman–Crippen MR) is 66.9 cm³/mol. The van der Waals surface area contributed by atoms with Gasteiger partial charge in [0.05, 0.1) is 11.5 Å². The third-order valence-electron chi connectivity index (χ3n) is 2.84. The first kappa shape index (κ1) is 15.1. The van der Waals surface area contributed by atoms with E-state index in [1.165, 1.54) is 6.07 Å². The minimum absolute atomic E-state index is 0.0323. The van der Waals surface area contributed by atoms with Gasteiger partial charge in [-0.1, -0.05) is 13.8 Å². The Hall–Kier alpha value is -0.980. The largest absolute Gasteiger partial charge is 0.392 e. The van der Waals surface area contributed by atoms with Gasteiger partial charge in [0.1, 0.15) is 5.82 Å². The summed E-state index contributed by atoms with van der Waals surface area (Å²) in [6, 6.07) is 3.15. The van der Waals surface area contributed by atoms with Gasteiger partial charge in [-0.25, -0.2) is 17.5 Å². The summed E-state index contributed by atoms with van der Waals surface area (Å²) in [4.78, 5) is -0.0412. The van der Waals surface area contributed by atoms with Crippen LogP contribution in [0.3, 0.4) is 0 Å². The fraction of sp³-hybridized carbons (Fsp3) is 0.500. The lowest BCUT2D eigenvalue weighted by molar-refractivity contribution is 0.275. The van der Waals surface area contributed by atoms with Crippen molar-refractivity contribution in [2.24, 2.45) is 5.92 Å². The van der Waals surface area contributed by atoms with Crippen molar-refractivity contribution in [3.05, 3.63) is 29.6 Å². The van der Waals surface area contributed by atoms with Gasteiger partial charge in [-0.05, 0) is 31.0 Å². The quantitative estimate of drug-likeness (QED) is 0.858. The number of hydrogen-bond acceptors (Lipinski definition) is 3. The lowest BCUT2D eigenvalue weighted by atomic mass is 10.1. The fourth-order valence-electron chi connectivity index (χ4n) is 1.29. The third-order valence-corrected chi connectivity index (χ3v) is 4.40. The Labute approximate surface area is 107 Å². The number of aliphatic hydroxyl groups is 1. The average Bonchev–Trinajstić information content (AvgIpc) is 2.28. The maximum Gasteiger partial charge on any atom is 0.240 e. The molecule has 0 saturated carbocycles. The molecule has 0 aliphatic carbocycles. The number of sulfonamides is 1. The molecular formula is C12H18FNO3S. The molecule has 102 valence electrons. The fourth-order valence-corrected chi connectivity index (χ4v) is 2.73. The molecule has 0 saturated heterocycles. The van der Waals surface area contributed by atoms with Crippen molar-refractivity contribution < 1.29 is 17.9 Å². The number of benzene rings is 1. The summed E-state index contributed by atoms with van der Waals surface area (Å²) in [6.45, 7) is 5.03. The molecule has 0 aliphatic rings. The van der Waals surface area contributed by atoms with Gasteiger partial charge in [-0.3, -0.25) is 0 Å². The molecule has 1 unspecified atom stereocenters. The number of nitrogens with one attached hydrogen (secondary N) is 1. The molecule has 4 nitrogen and oxygen atoms in total. The lowest BCUT2D eigenvalue weighted by Gasteiger charge is -2.17. The molecule has 0 aromatic heterocycles. The first-order chi connectivity index (χ1) is 8.27. The SMILES string of the molecule is CC(C)C(C)NS(=O)(=O)c1ccc(F)c(CO)c1. The van der Waals surface area contributed by atoms with Crippen LogP contribution in [0.2, 0.25) is 0 Å². The van der Waals surface area contributed by atoms with Gasteiger partial charge in [-0.15, -0.1) is 0 Å². The van der Waals surface area contributed by atoms with Crippen molar-refractivity contribution in [1.82, 2.24) is 4.72 Å². The molecular weight excluding hydrogens is 257 g/mol. The predicted octanol–water partition coefficient (Wildman–Crippen LogP) is 1.64. The van der Waals surface area contributed by atoms with Gasteiger partial charge in [0.25, 0.3) is 0 Å². The molecule has 0 radical (unpaired) electrons. The standard InChI is InChI=1S/C12H18FNO3S/c1-8(2)9(3)14-18(16,17)11-4-5-12(13)10(6-11)7-15/h4-6,8-9,14-15H,7H2,1-3H3. The van der Waals surface area contributed by atoms with Crippen molar-refractivity contribution in [3.8, 4) is 0 Å². The maximum atomic E-state index is 13.2. The van der Waals surface area contributed by atoms with Crippen molar-refractivity contribution in [1.29, 1.82) is 0 Å². The Morgan fingerprint density at radius 2 is 1.94 bits per heavy atom. The summed E-state index contributed by atoms with van der Waals surface area (Å²) in [5.41, 5.74) is -0.0323. The van der Waals surface area contributed by atoms with Gasteiger partial charge < -0.3 is 5.11 Å². The molecule has 0 bridgehead atoms. The van der Waals surface area contributed by atoms with Gasteiger partial charge in [0.15, 0.2) is 0 Å². The van der Waals surface area contributed by atoms with Crippen LogP contribution >= 0.6 is 0 Å². The van der Waals surface area contributed by atoms with E-state index < -0.39 is 22.4 Å². The van der Waals surface area contributed by atoms with E-state index in [0.717, 1.165) is 12.1 Å². The van der Waals surface area contributed by atoms with Gasteiger partial charge in [-0.2, -0.15) is 0 Å². The normalized spacial score (nSPS) is 13.9. The zero-order valence-corrected chi connectivity index (χ0v) is 11.5. The van der Waals surface area contributed by atoms with Crippen LogP contribution in [-0.4, -0.2) is 19.6 Å². The first-order valence-corrected chi connectivity index (χ1v) is 7.18. The lowest BCUT2D eigenvalue weighted by Crippen LogP contribution is -2.36. The van der Waals surface area contributed by atoms with Gasteiger partial charge in [0.2, 0.25) is 10.0 Å². The van der Waals surface area contributed by atoms with Crippen LogP contribution in [0, 0.1) is 11.7 Å². The Bertz CT molecular complexity index is 514. The highest BCUT2D eigenvalue weighted by Crippen LogP contribution is 2.16. The van der Waals surface area contributed by atoms with Gasteiger partial charge in [0, 0.05) is 11.6 Å². The molecule has 1 rings (SSSR count). The molecule has 6 heteroatoms. The minimum atomic E-state index is -3.68. The summed E-state index contributed by atoms with van der Waals surface area (Å²) in [5.74, 6) is -0.467. The number of halogens is 1. The highest BCUT2D eigenvalue weighted by Gasteiger charge is 2.20.